The Morgan fingerprint density at radius 2 is 1.78 bits per heavy atom. The molecule has 0 saturated carbocycles. The van der Waals surface area contributed by atoms with Gasteiger partial charge in [-0.05, 0) is 19.4 Å². The Morgan fingerprint density at radius 1 is 1.17 bits per heavy atom. The van der Waals surface area contributed by atoms with E-state index in [1.807, 2.05) is 44.2 Å². The van der Waals surface area contributed by atoms with Gasteiger partial charge in [-0.3, -0.25) is 0 Å². The molecule has 0 atom stereocenters. The first-order valence-corrected chi connectivity index (χ1v) is 6.13. The predicted octanol–water partition coefficient (Wildman–Crippen LogP) is 3.75. The zero-order chi connectivity index (χ0) is 13.8. The first-order valence-electron chi connectivity index (χ1n) is 6.13. The Kier molecular flexibility index (Phi) is 9.68. The van der Waals surface area contributed by atoms with Crippen LogP contribution in [0.5, 0.6) is 0 Å². The molecule has 1 rings (SSSR count). The van der Waals surface area contributed by atoms with Gasteiger partial charge in [0, 0.05) is 0 Å². The average molecular weight is 254 g/mol. The minimum atomic E-state index is -0.705. The lowest BCUT2D eigenvalue weighted by atomic mass is 10.2. The molecule has 0 aliphatic carbocycles. The van der Waals surface area contributed by atoms with E-state index < -0.39 is 6.16 Å². The average Bonchev–Trinajstić information content (AvgIpc) is 2.37. The summed E-state index contributed by atoms with van der Waals surface area (Å²) < 4.78 is 14.6. The molecule has 0 saturated heterocycles. The molecule has 102 valence electrons. The van der Waals surface area contributed by atoms with Crippen LogP contribution in [0, 0.1) is 0 Å². The smallest absolute Gasteiger partial charge is 0.432 e. The first-order chi connectivity index (χ1) is 8.68. The quantitative estimate of drug-likeness (QED) is 0.456. The second kappa shape index (κ2) is 10.6. The molecule has 18 heavy (non-hydrogen) atoms. The van der Waals surface area contributed by atoms with Crippen molar-refractivity contribution in [2.75, 3.05) is 6.79 Å². The number of hydrogen-bond acceptors (Lipinski definition) is 4. The predicted molar refractivity (Wildman–Crippen MR) is 70.1 cm³/mol. The molecule has 0 radical (unpaired) electrons. The van der Waals surface area contributed by atoms with Gasteiger partial charge in [0.05, 0.1) is 12.7 Å². The Balaban J connectivity index is 0.00000137. The molecule has 0 aliphatic rings. The highest BCUT2D eigenvalue weighted by Crippen LogP contribution is 2.00. The molecular weight excluding hydrogens is 232 g/mol. The van der Waals surface area contributed by atoms with Gasteiger partial charge in [-0.15, -0.1) is 0 Å². The van der Waals surface area contributed by atoms with Gasteiger partial charge < -0.3 is 14.2 Å². The Bertz CT molecular complexity index is 309. The van der Waals surface area contributed by atoms with Crippen LogP contribution in [0.2, 0.25) is 0 Å². The molecule has 0 aliphatic heterocycles. The second-order valence-electron chi connectivity index (χ2n) is 3.51. The van der Waals surface area contributed by atoms with Gasteiger partial charge in [0.15, 0.2) is 6.79 Å². The van der Waals surface area contributed by atoms with E-state index >= 15 is 0 Å². The highest BCUT2D eigenvalue weighted by atomic mass is 16.8. The van der Waals surface area contributed by atoms with Gasteiger partial charge in [-0.1, -0.05) is 44.2 Å². The van der Waals surface area contributed by atoms with Gasteiger partial charge in [0.1, 0.15) is 0 Å². The molecule has 0 bridgehead atoms. The summed E-state index contributed by atoms with van der Waals surface area (Å²) in [6.07, 6.45) is -0.885. The molecule has 0 unspecified atom stereocenters. The summed E-state index contributed by atoms with van der Waals surface area (Å²) in [7, 11) is 0. The van der Waals surface area contributed by atoms with Gasteiger partial charge >= 0.3 is 6.16 Å². The molecule has 0 amide bonds. The highest BCUT2D eigenvalue weighted by Gasteiger charge is 2.05. The van der Waals surface area contributed by atoms with E-state index in [-0.39, 0.29) is 12.9 Å². The number of benzene rings is 1. The van der Waals surface area contributed by atoms with Gasteiger partial charge in [-0.25, -0.2) is 4.79 Å². The van der Waals surface area contributed by atoms with E-state index in [9.17, 15) is 4.79 Å². The van der Waals surface area contributed by atoms with Crippen LogP contribution >= 0.6 is 0 Å². The third kappa shape index (κ3) is 8.58. The Morgan fingerprint density at radius 3 is 2.33 bits per heavy atom. The lowest BCUT2D eigenvalue weighted by molar-refractivity contribution is -0.0576. The largest absolute Gasteiger partial charge is 0.510 e. The van der Waals surface area contributed by atoms with E-state index in [2.05, 4.69) is 0 Å². The molecule has 4 nitrogen and oxygen atoms in total. The normalized spacial score (nSPS) is 9.39. The molecular formula is C14H22O4. The second-order valence-corrected chi connectivity index (χ2v) is 3.51. The topological polar surface area (TPSA) is 44.8 Å². The summed E-state index contributed by atoms with van der Waals surface area (Å²) in [5.74, 6) is 0. The van der Waals surface area contributed by atoms with Crippen molar-refractivity contribution >= 4 is 6.16 Å². The van der Waals surface area contributed by atoms with Crippen molar-refractivity contribution in [3.8, 4) is 0 Å². The molecule has 0 aromatic heterocycles. The van der Waals surface area contributed by atoms with Crippen LogP contribution in [0.4, 0.5) is 4.79 Å². The van der Waals surface area contributed by atoms with Crippen molar-refractivity contribution in [1.29, 1.82) is 0 Å². The summed E-state index contributed by atoms with van der Waals surface area (Å²) >= 11 is 0. The van der Waals surface area contributed by atoms with Gasteiger partial charge in [0.2, 0.25) is 0 Å². The zero-order valence-electron chi connectivity index (χ0n) is 11.5. The number of carbonyl (C=O) groups is 1. The maximum Gasteiger partial charge on any atom is 0.510 e. The zero-order valence-corrected chi connectivity index (χ0v) is 11.5. The van der Waals surface area contributed by atoms with Crippen molar-refractivity contribution in [3.63, 3.8) is 0 Å². The molecule has 0 heterocycles. The van der Waals surface area contributed by atoms with Gasteiger partial charge in [-0.2, -0.15) is 0 Å². The molecule has 1 aromatic rings. The molecule has 0 N–H and O–H groups in total. The van der Waals surface area contributed by atoms with E-state index in [1.54, 1.807) is 13.8 Å². The fourth-order valence-corrected chi connectivity index (χ4v) is 1.05. The van der Waals surface area contributed by atoms with Gasteiger partial charge in [0.25, 0.3) is 0 Å². The number of hydrogen-bond donors (Lipinski definition) is 0. The molecule has 4 heteroatoms. The van der Waals surface area contributed by atoms with Crippen molar-refractivity contribution in [2.24, 2.45) is 0 Å². The maximum absolute atomic E-state index is 10.9. The fraction of sp³-hybridized carbons (Fsp3) is 0.500. The third-order valence-corrected chi connectivity index (χ3v) is 1.70. The summed E-state index contributed by atoms with van der Waals surface area (Å²) in [6.45, 7) is 7.83. The van der Waals surface area contributed by atoms with Crippen LogP contribution in [0.15, 0.2) is 30.3 Å². The Hall–Kier alpha value is -1.55. The van der Waals surface area contributed by atoms with Crippen molar-refractivity contribution in [2.45, 2.75) is 40.4 Å². The Labute approximate surface area is 109 Å². The lowest BCUT2D eigenvalue weighted by Gasteiger charge is -2.08. The minimum absolute atomic E-state index is 0.0968. The van der Waals surface area contributed by atoms with E-state index in [4.69, 9.17) is 14.2 Å². The number of rotatable bonds is 5. The number of ether oxygens (including phenoxy) is 3. The summed E-state index contributed by atoms with van der Waals surface area (Å²) in [4.78, 5) is 10.9. The van der Waals surface area contributed by atoms with Crippen LogP contribution in [0.3, 0.4) is 0 Å². The van der Waals surface area contributed by atoms with Crippen LogP contribution < -0.4 is 0 Å². The van der Waals surface area contributed by atoms with Crippen molar-refractivity contribution in [3.05, 3.63) is 35.9 Å². The standard InChI is InChI=1S/C12H16O4.C2H6/c1-10(2)16-12(13)15-9-14-8-11-6-4-3-5-7-11;1-2/h3-7,10H,8-9H2,1-2H3;1-2H3. The SMILES string of the molecule is CC.CC(C)OC(=O)OCOCc1ccccc1. The lowest BCUT2D eigenvalue weighted by Crippen LogP contribution is -2.14. The fourth-order valence-electron chi connectivity index (χ4n) is 1.05. The monoisotopic (exact) mass is 254 g/mol. The minimum Gasteiger partial charge on any atom is -0.432 e. The van der Waals surface area contributed by atoms with E-state index in [0.717, 1.165) is 5.56 Å². The summed E-state index contributed by atoms with van der Waals surface area (Å²) in [5, 5.41) is 0. The van der Waals surface area contributed by atoms with Crippen molar-refractivity contribution in [1.82, 2.24) is 0 Å². The number of carbonyl (C=O) groups excluding carboxylic acids is 1. The molecule has 1 aromatic carbocycles. The van der Waals surface area contributed by atoms with Crippen LogP contribution in [-0.2, 0) is 20.8 Å². The summed E-state index contributed by atoms with van der Waals surface area (Å²) in [6, 6.07) is 9.65. The van der Waals surface area contributed by atoms with Crippen LogP contribution in [0.25, 0.3) is 0 Å². The van der Waals surface area contributed by atoms with Crippen molar-refractivity contribution < 1.29 is 19.0 Å². The van der Waals surface area contributed by atoms with E-state index in [1.165, 1.54) is 0 Å². The van der Waals surface area contributed by atoms with Crippen LogP contribution in [-0.4, -0.2) is 19.1 Å². The first kappa shape index (κ1) is 16.4. The highest BCUT2D eigenvalue weighted by molar-refractivity contribution is 5.59. The summed E-state index contributed by atoms with van der Waals surface area (Å²) in [5.41, 5.74) is 1.03. The third-order valence-electron chi connectivity index (χ3n) is 1.70. The molecule has 0 spiro atoms. The maximum atomic E-state index is 10.9. The molecule has 0 fully saturated rings. The van der Waals surface area contributed by atoms with Crippen LogP contribution in [0.1, 0.15) is 33.3 Å². The van der Waals surface area contributed by atoms with E-state index in [0.29, 0.717) is 6.61 Å².